The minimum absolute atomic E-state index is 0.297. The van der Waals surface area contributed by atoms with E-state index in [1.165, 1.54) is 25.1 Å². The van der Waals surface area contributed by atoms with Gasteiger partial charge in [-0.25, -0.2) is 0 Å². The summed E-state index contributed by atoms with van der Waals surface area (Å²) in [5.74, 6) is 1.31. The van der Waals surface area contributed by atoms with Crippen molar-refractivity contribution in [3.05, 3.63) is 35.9 Å². The van der Waals surface area contributed by atoms with Crippen LogP contribution in [-0.4, -0.2) is 30.6 Å². The molecule has 94 valence electrons. The molecule has 0 radical (unpaired) electrons. The zero-order valence-electron chi connectivity index (χ0n) is 11.0. The summed E-state index contributed by atoms with van der Waals surface area (Å²) in [5.41, 5.74) is 7.42. The highest BCUT2D eigenvalue weighted by Gasteiger charge is 2.25. The maximum atomic E-state index is 5.93. The quantitative estimate of drug-likeness (QED) is 0.864. The molecule has 1 aromatic rings. The van der Waals surface area contributed by atoms with Gasteiger partial charge in [0.15, 0.2) is 0 Å². The molecule has 2 heteroatoms. The number of nitrogens with two attached hydrogens (primary N) is 1. The summed E-state index contributed by atoms with van der Waals surface area (Å²) in [7, 11) is 0. The second-order valence-corrected chi connectivity index (χ2v) is 5.49. The Balaban J connectivity index is 1.88. The predicted octanol–water partition coefficient (Wildman–Crippen LogP) is 2.46. The molecule has 2 N–H and O–H groups in total. The van der Waals surface area contributed by atoms with Crippen molar-refractivity contribution in [2.24, 2.45) is 11.7 Å². The zero-order valence-corrected chi connectivity index (χ0v) is 11.0. The molecule has 0 aromatic heterocycles. The van der Waals surface area contributed by atoms with Crippen LogP contribution in [0.2, 0.25) is 0 Å². The minimum atomic E-state index is 0.297. The fourth-order valence-electron chi connectivity index (χ4n) is 2.57. The maximum absolute atomic E-state index is 5.93. The Kier molecular flexibility index (Phi) is 4.19. The minimum Gasteiger partial charge on any atom is -0.328 e. The second kappa shape index (κ2) is 5.65. The number of nitrogens with zero attached hydrogens (tertiary/aromatic N) is 1. The summed E-state index contributed by atoms with van der Waals surface area (Å²) in [6, 6.07) is 11.2. The molecule has 1 aromatic carbocycles. The lowest BCUT2D eigenvalue weighted by Crippen LogP contribution is -2.35. The average Bonchev–Trinajstić information content (AvgIpc) is 2.78. The van der Waals surface area contributed by atoms with E-state index in [2.05, 4.69) is 49.1 Å². The molecule has 0 spiro atoms. The van der Waals surface area contributed by atoms with Crippen molar-refractivity contribution in [2.75, 3.05) is 19.6 Å². The van der Waals surface area contributed by atoms with Crippen LogP contribution in [0, 0.1) is 5.92 Å². The zero-order chi connectivity index (χ0) is 12.3. The first-order valence-electron chi connectivity index (χ1n) is 6.69. The molecule has 3 unspecified atom stereocenters. The summed E-state index contributed by atoms with van der Waals surface area (Å²) < 4.78 is 0. The molecule has 1 heterocycles. The third-order valence-electron chi connectivity index (χ3n) is 3.99. The van der Waals surface area contributed by atoms with E-state index in [4.69, 9.17) is 5.73 Å². The van der Waals surface area contributed by atoms with Gasteiger partial charge in [0.25, 0.3) is 0 Å². The highest BCUT2D eigenvalue weighted by atomic mass is 15.1. The molecular weight excluding hydrogens is 208 g/mol. The molecule has 17 heavy (non-hydrogen) atoms. The number of rotatable bonds is 4. The second-order valence-electron chi connectivity index (χ2n) is 5.49. The molecule has 1 aliphatic rings. The Hall–Kier alpha value is -0.860. The van der Waals surface area contributed by atoms with Gasteiger partial charge in [-0.15, -0.1) is 0 Å². The average molecular weight is 232 g/mol. The monoisotopic (exact) mass is 232 g/mol. The third kappa shape index (κ3) is 3.30. The molecular formula is C15H24N2. The summed E-state index contributed by atoms with van der Waals surface area (Å²) in [5, 5.41) is 0. The van der Waals surface area contributed by atoms with Crippen LogP contribution in [0.3, 0.4) is 0 Å². The summed E-state index contributed by atoms with van der Waals surface area (Å²) in [6.07, 6.45) is 1.29. The van der Waals surface area contributed by atoms with Gasteiger partial charge >= 0.3 is 0 Å². The topological polar surface area (TPSA) is 29.3 Å². The van der Waals surface area contributed by atoms with Gasteiger partial charge in [-0.3, -0.25) is 0 Å². The van der Waals surface area contributed by atoms with Crippen molar-refractivity contribution in [1.29, 1.82) is 0 Å². The van der Waals surface area contributed by atoms with Crippen LogP contribution in [0.4, 0.5) is 0 Å². The predicted molar refractivity (Wildman–Crippen MR) is 73.1 cm³/mol. The summed E-state index contributed by atoms with van der Waals surface area (Å²) in [6.45, 7) is 7.91. The molecule has 0 bridgehead atoms. The molecule has 1 saturated heterocycles. The third-order valence-corrected chi connectivity index (χ3v) is 3.99. The number of benzene rings is 1. The normalized spacial score (nSPS) is 24.8. The Morgan fingerprint density at radius 2 is 2.00 bits per heavy atom. The highest BCUT2D eigenvalue weighted by molar-refractivity contribution is 5.20. The van der Waals surface area contributed by atoms with Gasteiger partial charge in [-0.05, 0) is 37.3 Å². The van der Waals surface area contributed by atoms with Crippen LogP contribution >= 0.6 is 0 Å². The molecule has 0 amide bonds. The maximum Gasteiger partial charge on any atom is 0.00509 e. The Morgan fingerprint density at radius 1 is 1.29 bits per heavy atom. The number of hydrogen-bond donors (Lipinski definition) is 1. The van der Waals surface area contributed by atoms with Crippen molar-refractivity contribution in [3.8, 4) is 0 Å². The number of likely N-dealkylation sites (tertiary alicyclic amines) is 1. The van der Waals surface area contributed by atoms with Crippen LogP contribution in [0.5, 0.6) is 0 Å². The van der Waals surface area contributed by atoms with Crippen LogP contribution in [-0.2, 0) is 0 Å². The van der Waals surface area contributed by atoms with Gasteiger partial charge in [-0.1, -0.05) is 37.3 Å². The molecule has 1 fully saturated rings. The first kappa shape index (κ1) is 12.6. The molecule has 2 rings (SSSR count). The van der Waals surface area contributed by atoms with Crippen LogP contribution < -0.4 is 5.73 Å². The molecule has 0 aliphatic carbocycles. The lowest BCUT2D eigenvalue weighted by Gasteiger charge is -2.23. The first-order chi connectivity index (χ1) is 8.16. The van der Waals surface area contributed by atoms with Crippen molar-refractivity contribution in [3.63, 3.8) is 0 Å². The lowest BCUT2D eigenvalue weighted by atomic mass is 9.99. The van der Waals surface area contributed by atoms with Crippen molar-refractivity contribution in [1.82, 2.24) is 4.90 Å². The molecule has 0 saturated carbocycles. The molecule has 1 aliphatic heterocycles. The van der Waals surface area contributed by atoms with Gasteiger partial charge in [-0.2, -0.15) is 0 Å². The van der Waals surface area contributed by atoms with Crippen molar-refractivity contribution >= 4 is 0 Å². The van der Waals surface area contributed by atoms with Gasteiger partial charge in [0.2, 0.25) is 0 Å². The van der Waals surface area contributed by atoms with E-state index in [0.29, 0.717) is 12.0 Å². The van der Waals surface area contributed by atoms with E-state index >= 15 is 0 Å². The van der Waals surface area contributed by atoms with Gasteiger partial charge < -0.3 is 10.6 Å². The molecule has 2 nitrogen and oxygen atoms in total. The largest absolute Gasteiger partial charge is 0.328 e. The van der Waals surface area contributed by atoms with Crippen LogP contribution in [0.25, 0.3) is 0 Å². The van der Waals surface area contributed by atoms with E-state index in [-0.39, 0.29) is 0 Å². The van der Waals surface area contributed by atoms with E-state index < -0.39 is 0 Å². The Labute approximate surface area is 105 Å². The Morgan fingerprint density at radius 3 is 2.65 bits per heavy atom. The van der Waals surface area contributed by atoms with E-state index in [1.807, 2.05) is 0 Å². The van der Waals surface area contributed by atoms with E-state index in [0.717, 1.165) is 12.5 Å². The fourth-order valence-corrected chi connectivity index (χ4v) is 2.57. The van der Waals surface area contributed by atoms with Crippen molar-refractivity contribution < 1.29 is 0 Å². The lowest BCUT2D eigenvalue weighted by molar-refractivity contribution is 0.267. The first-order valence-corrected chi connectivity index (χ1v) is 6.69. The van der Waals surface area contributed by atoms with E-state index in [9.17, 15) is 0 Å². The standard InChI is InChI=1S/C15H24N2/c1-12(13(2)16)10-17-9-8-15(11-17)14-6-4-3-5-7-14/h3-7,12-13,15H,8-11,16H2,1-2H3. The molecule has 3 atom stereocenters. The van der Waals surface area contributed by atoms with E-state index in [1.54, 1.807) is 0 Å². The van der Waals surface area contributed by atoms with Gasteiger partial charge in [0.1, 0.15) is 0 Å². The SMILES string of the molecule is CC(N)C(C)CN1CCC(c2ccccc2)C1. The summed E-state index contributed by atoms with van der Waals surface area (Å²) in [4.78, 5) is 2.56. The Bertz CT molecular complexity index is 334. The van der Waals surface area contributed by atoms with Crippen LogP contribution in [0.1, 0.15) is 31.7 Å². The highest BCUT2D eigenvalue weighted by Crippen LogP contribution is 2.27. The van der Waals surface area contributed by atoms with Crippen molar-refractivity contribution in [2.45, 2.75) is 32.2 Å². The fraction of sp³-hybridized carbons (Fsp3) is 0.600. The number of hydrogen-bond acceptors (Lipinski definition) is 2. The van der Waals surface area contributed by atoms with Crippen LogP contribution in [0.15, 0.2) is 30.3 Å². The summed E-state index contributed by atoms with van der Waals surface area (Å²) >= 11 is 0. The smallest absolute Gasteiger partial charge is 0.00509 e. The van der Waals surface area contributed by atoms with Gasteiger partial charge in [0.05, 0.1) is 0 Å². The van der Waals surface area contributed by atoms with Gasteiger partial charge in [0, 0.05) is 19.1 Å².